The summed E-state index contributed by atoms with van der Waals surface area (Å²) >= 11 is 0. The van der Waals surface area contributed by atoms with Gasteiger partial charge in [0.05, 0.1) is 0 Å². The van der Waals surface area contributed by atoms with Crippen LogP contribution >= 0.6 is 0 Å². The van der Waals surface area contributed by atoms with Crippen LogP contribution in [0, 0.1) is 0 Å². The van der Waals surface area contributed by atoms with Gasteiger partial charge in [-0.15, -0.1) is 0 Å². The second-order valence-corrected chi connectivity index (χ2v) is 2.45. The van der Waals surface area contributed by atoms with Crippen LogP contribution in [0.2, 0.25) is 0 Å². The van der Waals surface area contributed by atoms with E-state index in [2.05, 4.69) is 0 Å². The van der Waals surface area contributed by atoms with Crippen LogP contribution in [0.25, 0.3) is 0 Å². The van der Waals surface area contributed by atoms with Crippen LogP contribution in [-0.2, 0) is 54.4 Å². The van der Waals surface area contributed by atoms with Crippen molar-refractivity contribution in [2.45, 2.75) is 0 Å². The Balaban J connectivity index is -0.00000000615. The second kappa shape index (κ2) is 30.5. The Morgan fingerprint density at radius 2 is 0.444 bits per heavy atom. The molecule has 0 unspecified atom stereocenters. The van der Waals surface area contributed by atoms with E-state index < -0.39 is 20.8 Å². The van der Waals surface area contributed by atoms with Gasteiger partial charge in [-0.1, -0.05) is 0 Å². The first-order valence-corrected chi connectivity index (χ1v) is 4.00. The summed E-state index contributed by atoms with van der Waals surface area (Å²) in [4.78, 5) is 0. The molecule has 14 nitrogen and oxygen atoms in total. The van der Waals surface area contributed by atoms with E-state index in [1.165, 1.54) is 0 Å². The van der Waals surface area contributed by atoms with Gasteiger partial charge in [0.1, 0.15) is 0 Å². The summed E-state index contributed by atoms with van der Waals surface area (Å²) in [5.41, 5.74) is 0. The van der Waals surface area contributed by atoms with Gasteiger partial charge in [0.2, 0.25) is 0 Å². The van der Waals surface area contributed by atoms with Gasteiger partial charge in [-0.3, -0.25) is 16.8 Å². The van der Waals surface area contributed by atoms with Crippen molar-refractivity contribution in [2.75, 3.05) is 0 Å². The first kappa shape index (κ1) is 78.3. The molecule has 0 aromatic rings. The number of rotatable bonds is 0. The quantitative estimate of drug-likeness (QED) is 0.268. The Bertz CT molecular complexity index is 214. The van der Waals surface area contributed by atoms with Crippen LogP contribution in [0.3, 0.4) is 0 Å². The Labute approximate surface area is 122 Å². The van der Waals surface area contributed by atoms with Crippen molar-refractivity contribution in [3.05, 3.63) is 0 Å². The van der Waals surface area contributed by atoms with E-state index in [0.29, 0.717) is 0 Å². The Morgan fingerprint density at radius 3 is 0.444 bits per heavy atom. The molecule has 0 aliphatic carbocycles. The largest absolute Gasteiger partial charge is 2.00 e. The molecule has 18 heavy (non-hydrogen) atoms. The summed E-state index contributed by atoms with van der Waals surface area (Å²) < 4.78 is 68.2. The maximum absolute atomic E-state index is 8.52. The van der Waals surface area contributed by atoms with Crippen LogP contribution < -0.4 is 0 Å². The summed E-state index contributed by atoms with van der Waals surface area (Å²) in [6, 6.07) is 0. The SMILES string of the molecule is O.O.O.O.O.O.O=S(=O)([O-])[O-].O=S(=O)([O-])[O-].[Co+2].[Co+2]. The topological polar surface area (TPSA) is 350 Å². The minimum atomic E-state index is -5.17. The molecule has 0 fully saturated rings. The number of hydrogen-bond acceptors (Lipinski definition) is 8. The fourth-order valence-electron chi connectivity index (χ4n) is 0. The van der Waals surface area contributed by atoms with Gasteiger partial charge in [0.15, 0.2) is 0 Å². The Hall–Kier alpha value is 0.513. The molecule has 0 saturated heterocycles. The Kier molecular flexibility index (Phi) is 133. The molecule has 0 saturated carbocycles. The van der Waals surface area contributed by atoms with E-state index in [4.69, 9.17) is 35.0 Å². The molecule has 18 heteroatoms. The summed E-state index contributed by atoms with van der Waals surface area (Å²) in [5.74, 6) is 0. The molecule has 0 aliphatic heterocycles. The van der Waals surface area contributed by atoms with Crippen LogP contribution in [0.1, 0.15) is 0 Å². The molecule has 0 amide bonds. The molecule has 126 valence electrons. The van der Waals surface area contributed by atoms with Gasteiger partial charge < -0.3 is 51.1 Å². The zero-order valence-electron chi connectivity index (χ0n) is 7.75. The molecule has 2 radical (unpaired) electrons. The van der Waals surface area contributed by atoms with Gasteiger partial charge in [-0.2, -0.15) is 0 Å². The molecule has 12 N–H and O–H groups in total. The van der Waals surface area contributed by atoms with Gasteiger partial charge in [-0.05, 0) is 0 Å². The molecule has 0 aromatic heterocycles. The molecule has 0 atom stereocenters. The van der Waals surface area contributed by atoms with Crippen LogP contribution in [-0.4, -0.2) is 67.9 Å². The van der Waals surface area contributed by atoms with E-state index >= 15 is 0 Å². The first-order chi connectivity index (χ1) is 4.00. The normalized spacial score (nSPS) is 6.44. The molecule has 0 aliphatic rings. The third kappa shape index (κ3) is 15100. The molecule has 0 bridgehead atoms. The predicted octanol–water partition coefficient (Wildman–Crippen LogP) is -7.63. The molecular weight excluding hydrogens is 406 g/mol. The summed E-state index contributed by atoms with van der Waals surface area (Å²) in [5, 5.41) is 0. The van der Waals surface area contributed by atoms with E-state index in [-0.39, 0.29) is 66.4 Å². The summed E-state index contributed by atoms with van der Waals surface area (Å²) in [7, 11) is -10.3. The first-order valence-electron chi connectivity index (χ1n) is 1.33. The third-order valence-electron chi connectivity index (χ3n) is 0. The van der Waals surface area contributed by atoms with Gasteiger partial charge >= 0.3 is 33.6 Å². The minimum Gasteiger partial charge on any atom is -0.759 e. The van der Waals surface area contributed by atoms with Crippen LogP contribution in [0.5, 0.6) is 0 Å². The van der Waals surface area contributed by atoms with Crippen LogP contribution in [0.4, 0.5) is 0 Å². The third-order valence-corrected chi connectivity index (χ3v) is 0. The van der Waals surface area contributed by atoms with Crippen molar-refractivity contribution in [1.82, 2.24) is 0 Å². The number of hydrogen-bond donors (Lipinski definition) is 0. The van der Waals surface area contributed by atoms with Crippen molar-refractivity contribution >= 4 is 20.8 Å². The van der Waals surface area contributed by atoms with Crippen molar-refractivity contribution in [3.8, 4) is 0 Å². The van der Waals surface area contributed by atoms with Crippen molar-refractivity contribution in [1.29, 1.82) is 0 Å². The predicted molar refractivity (Wildman–Crippen MR) is 42.6 cm³/mol. The monoisotopic (exact) mass is 418 g/mol. The maximum Gasteiger partial charge on any atom is 2.00 e. The fraction of sp³-hybridized carbons (Fsp3) is 0. The summed E-state index contributed by atoms with van der Waals surface area (Å²) in [6.07, 6.45) is 0. The Morgan fingerprint density at radius 1 is 0.444 bits per heavy atom. The van der Waals surface area contributed by atoms with E-state index in [9.17, 15) is 0 Å². The molecular formula is H12Co2O14S2. The fourth-order valence-corrected chi connectivity index (χ4v) is 0. The second-order valence-electron chi connectivity index (χ2n) is 0.816. The smallest absolute Gasteiger partial charge is 0.759 e. The van der Waals surface area contributed by atoms with E-state index in [0.717, 1.165) is 0 Å². The van der Waals surface area contributed by atoms with Crippen molar-refractivity contribution in [2.24, 2.45) is 0 Å². The van der Waals surface area contributed by atoms with Gasteiger partial charge in [0.25, 0.3) is 0 Å². The average Bonchev–Trinajstić information content (AvgIpc) is 1.12. The molecule has 0 heterocycles. The van der Waals surface area contributed by atoms with E-state index in [1.54, 1.807) is 0 Å². The van der Waals surface area contributed by atoms with Crippen molar-refractivity contribution < 1.29 is 101 Å². The van der Waals surface area contributed by atoms with Gasteiger partial charge in [0, 0.05) is 20.8 Å². The zero-order chi connectivity index (χ0) is 9.00. The zero-order valence-corrected chi connectivity index (χ0v) is 11.5. The maximum atomic E-state index is 8.52. The standard InChI is InChI=1S/2Co.2H2O4S.6H2O/c;;2*1-5(2,3)4;;;;;;/h;;2*(H2,1,2,3,4);6*1H2/q2*+2;;;;;;;;/p-4. The molecule has 0 spiro atoms. The average molecular weight is 418 g/mol. The van der Waals surface area contributed by atoms with Gasteiger partial charge in [-0.25, -0.2) is 0 Å². The summed E-state index contributed by atoms with van der Waals surface area (Å²) in [6.45, 7) is 0. The van der Waals surface area contributed by atoms with E-state index in [1.807, 2.05) is 0 Å². The molecule has 0 aromatic carbocycles. The minimum absolute atomic E-state index is 0. The van der Waals surface area contributed by atoms with Crippen LogP contribution in [0.15, 0.2) is 0 Å². The van der Waals surface area contributed by atoms with Crippen molar-refractivity contribution in [3.63, 3.8) is 0 Å². The molecule has 0 rings (SSSR count).